The topological polar surface area (TPSA) is 79.3 Å². The van der Waals surface area contributed by atoms with Crippen LogP contribution in [0.3, 0.4) is 0 Å². The predicted octanol–water partition coefficient (Wildman–Crippen LogP) is 3.77. The van der Waals surface area contributed by atoms with Crippen LogP contribution in [0.15, 0.2) is 77.9 Å². The van der Waals surface area contributed by atoms with Gasteiger partial charge in [-0.05, 0) is 54.4 Å². The molecule has 4 atom stereocenters. The van der Waals surface area contributed by atoms with Gasteiger partial charge in [-0.3, -0.25) is 19.4 Å². The molecule has 0 radical (unpaired) electrons. The van der Waals surface area contributed by atoms with E-state index in [1.54, 1.807) is 54.7 Å². The van der Waals surface area contributed by atoms with Crippen molar-refractivity contribution >= 4 is 29.5 Å². The number of Topliss-reactive ketones (excluding diaryl/α,β-unsaturated/α-hetero) is 1. The number of benzene rings is 3. The Morgan fingerprint density at radius 1 is 0.886 bits per heavy atom. The third-order valence-corrected chi connectivity index (χ3v) is 7.23. The Balaban J connectivity index is 1.47. The fourth-order valence-corrected chi connectivity index (χ4v) is 5.54. The van der Waals surface area contributed by atoms with Crippen LogP contribution >= 0.6 is 0 Å². The molecule has 2 amide bonds. The minimum atomic E-state index is -0.894. The molecule has 3 aliphatic rings. The Kier molecular flexibility index (Phi) is 4.81. The van der Waals surface area contributed by atoms with E-state index in [1.165, 1.54) is 4.90 Å². The number of ether oxygens (including phenoxy) is 1. The zero-order chi connectivity index (χ0) is 24.3. The van der Waals surface area contributed by atoms with E-state index >= 15 is 0 Å². The standard InChI is InChI=1S/C28H23N3O4/c1-16-7-11-19(12-8-16)30-27(33)22-23(28(30)34)25(26(32)17-9-13-20(35-2)14-10-17)31-24(22)21-6-4-3-5-18(21)15-29-31/h3-15,22-25H,1-2H3/t22-,23+,24?,25-/m1/s1. The molecule has 2 saturated heterocycles. The van der Waals surface area contributed by atoms with Gasteiger partial charge in [0, 0.05) is 5.56 Å². The molecule has 7 heteroatoms. The maximum absolute atomic E-state index is 13.9. The lowest BCUT2D eigenvalue weighted by Gasteiger charge is -2.33. The van der Waals surface area contributed by atoms with E-state index in [9.17, 15) is 14.4 Å². The Hall–Kier alpha value is -4.26. The number of rotatable bonds is 4. The zero-order valence-corrected chi connectivity index (χ0v) is 19.3. The van der Waals surface area contributed by atoms with Crippen LogP contribution in [0.1, 0.15) is 33.1 Å². The molecule has 0 aliphatic carbocycles. The van der Waals surface area contributed by atoms with Crippen molar-refractivity contribution in [1.82, 2.24) is 5.01 Å². The average molecular weight is 466 g/mol. The highest BCUT2D eigenvalue weighted by Crippen LogP contribution is 2.53. The first kappa shape index (κ1) is 21.3. The summed E-state index contributed by atoms with van der Waals surface area (Å²) < 4.78 is 5.22. The number of ketones is 1. The monoisotopic (exact) mass is 465 g/mol. The van der Waals surface area contributed by atoms with Gasteiger partial charge in [-0.15, -0.1) is 0 Å². The number of imide groups is 1. The van der Waals surface area contributed by atoms with Crippen LogP contribution in [0.2, 0.25) is 0 Å². The molecule has 0 spiro atoms. The minimum Gasteiger partial charge on any atom is -0.497 e. The van der Waals surface area contributed by atoms with Crippen LogP contribution in [0.25, 0.3) is 0 Å². The number of carbonyl (C=O) groups is 3. The minimum absolute atomic E-state index is 0.242. The molecule has 0 N–H and O–H groups in total. The highest BCUT2D eigenvalue weighted by molar-refractivity contribution is 6.24. The van der Waals surface area contributed by atoms with Crippen molar-refractivity contribution in [2.45, 2.75) is 19.0 Å². The van der Waals surface area contributed by atoms with E-state index in [2.05, 4.69) is 5.10 Å². The maximum atomic E-state index is 13.9. The lowest BCUT2D eigenvalue weighted by molar-refractivity contribution is -0.124. The van der Waals surface area contributed by atoms with Gasteiger partial charge in [0.05, 0.1) is 36.9 Å². The fraction of sp³-hybridized carbons (Fsp3) is 0.214. The van der Waals surface area contributed by atoms with Crippen LogP contribution in [-0.4, -0.2) is 42.0 Å². The summed E-state index contributed by atoms with van der Waals surface area (Å²) in [6.45, 7) is 1.95. The van der Waals surface area contributed by atoms with E-state index in [4.69, 9.17) is 4.74 Å². The Bertz CT molecular complexity index is 1380. The molecule has 3 aromatic carbocycles. The third-order valence-electron chi connectivity index (χ3n) is 7.23. The number of amides is 2. The summed E-state index contributed by atoms with van der Waals surface area (Å²) in [6.07, 6.45) is 1.70. The molecule has 0 bridgehead atoms. The van der Waals surface area contributed by atoms with E-state index in [-0.39, 0.29) is 17.6 Å². The van der Waals surface area contributed by atoms with E-state index in [0.29, 0.717) is 17.0 Å². The smallest absolute Gasteiger partial charge is 0.240 e. The summed E-state index contributed by atoms with van der Waals surface area (Å²) in [5.74, 6) is -1.82. The highest BCUT2D eigenvalue weighted by Gasteiger charge is 2.65. The van der Waals surface area contributed by atoms with Crippen molar-refractivity contribution in [3.05, 3.63) is 95.1 Å². The second kappa shape index (κ2) is 7.91. The van der Waals surface area contributed by atoms with Gasteiger partial charge in [-0.25, -0.2) is 4.90 Å². The Labute approximate surface area is 202 Å². The molecular formula is C28H23N3O4. The largest absolute Gasteiger partial charge is 0.497 e. The summed E-state index contributed by atoms with van der Waals surface area (Å²) in [5.41, 5.74) is 3.78. The number of methoxy groups -OCH3 is 1. The molecule has 0 saturated carbocycles. The van der Waals surface area contributed by atoms with Crippen LogP contribution < -0.4 is 9.64 Å². The van der Waals surface area contributed by atoms with Crippen LogP contribution in [-0.2, 0) is 9.59 Å². The summed E-state index contributed by atoms with van der Waals surface area (Å²) >= 11 is 0. The fourth-order valence-electron chi connectivity index (χ4n) is 5.54. The lowest BCUT2D eigenvalue weighted by atomic mass is 9.83. The summed E-state index contributed by atoms with van der Waals surface area (Å²) in [4.78, 5) is 42.8. The summed E-state index contributed by atoms with van der Waals surface area (Å²) in [7, 11) is 1.56. The van der Waals surface area contributed by atoms with Gasteiger partial charge in [0.2, 0.25) is 11.8 Å². The van der Waals surface area contributed by atoms with Crippen molar-refractivity contribution in [2.24, 2.45) is 16.9 Å². The van der Waals surface area contributed by atoms with Crippen LogP contribution in [0, 0.1) is 18.8 Å². The molecule has 174 valence electrons. The van der Waals surface area contributed by atoms with Crippen molar-refractivity contribution in [1.29, 1.82) is 0 Å². The quantitative estimate of drug-likeness (QED) is 0.433. The number of aryl methyl sites for hydroxylation is 1. The number of hydrazone groups is 1. The van der Waals surface area contributed by atoms with Gasteiger partial charge in [0.1, 0.15) is 11.8 Å². The van der Waals surface area contributed by atoms with Gasteiger partial charge in [0.15, 0.2) is 5.78 Å². The van der Waals surface area contributed by atoms with Crippen molar-refractivity contribution in [2.75, 3.05) is 12.0 Å². The maximum Gasteiger partial charge on any atom is 0.240 e. The van der Waals surface area contributed by atoms with Gasteiger partial charge < -0.3 is 4.74 Å². The van der Waals surface area contributed by atoms with Crippen LogP contribution in [0.4, 0.5) is 5.69 Å². The molecule has 1 unspecified atom stereocenters. The predicted molar refractivity (Wildman–Crippen MR) is 130 cm³/mol. The molecule has 3 heterocycles. The summed E-state index contributed by atoms with van der Waals surface area (Å²) in [6, 6.07) is 20.4. The zero-order valence-electron chi connectivity index (χ0n) is 19.3. The van der Waals surface area contributed by atoms with Crippen molar-refractivity contribution < 1.29 is 19.1 Å². The first-order chi connectivity index (χ1) is 17.0. The first-order valence-electron chi connectivity index (χ1n) is 11.5. The number of fused-ring (bicyclic) bond motifs is 5. The normalized spacial score (nSPS) is 24.3. The number of nitrogens with zero attached hydrogens (tertiary/aromatic N) is 3. The van der Waals surface area contributed by atoms with Crippen molar-refractivity contribution in [3.8, 4) is 5.75 Å². The number of carbonyl (C=O) groups excluding carboxylic acids is 3. The molecule has 3 aliphatic heterocycles. The molecule has 2 fully saturated rings. The Morgan fingerprint density at radius 2 is 1.57 bits per heavy atom. The summed E-state index contributed by atoms with van der Waals surface area (Å²) in [5, 5.41) is 6.27. The van der Waals surface area contributed by atoms with Gasteiger partial charge in [-0.2, -0.15) is 5.10 Å². The van der Waals surface area contributed by atoms with Crippen LogP contribution in [0.5, 0.6) is 5.75 Å². The second-order valence-corrected chi connectivity index (χ2v) is 9.13. The average Bonchev–Trinajstić information content (AvgIpc) is 3.37. The first-order valence-corrected chi connectivity index (χ1v) is 11.5. The van der Waals surface area contributed by atoms with Crippen molar-refractivity contribution in [3.63, 3.8) is 0 Å². The molecular weight excluding hydrogens is 442 g/mol. The lowest BCUT2D eigenvalue weighted by Crippen LogP contribution is -2.44. The number of anilines is 1. The Morgan fingerprint density at radius 3 is 2.29 bits per heavy atom. The molecule has 35 heavy (non-hydrogen) atoms. The van der Waals surface area contributed by atoms with E-state index in [0.717, 1.165) is 16.7 Å². The van der Waals surface area contributed by atoms with E-state index < -0.39 is 23.9 Å². The number of hydrogen-bond donors (Lipinski definition) is 0. The third kappa shape index (κ3) is 3.11. The molecule has 0 aromatic heterocycles. The molecule has 7 nitrogen and oxygen atoms in total. The highest BCUT2D eigenvalue weighted by atomic mass is 16.5. The van der Waals surface area contributed by atoms with Gasteiger partial charge in [-0.1, -0.05) is 42.0 Å². The molecule has 3 aromatic rings. The second-order valence-electron chi connectivity index (χ2n) is 9.13. The number of hydrogen-bond acceptors (Lipinski definition) is 6. The SMILES string of the molecule is COc1ccc(C(=O)[C@H]2[C@H]3C(=O)N(c4ccc(C)cc4)C(=O)[C@H]3C3c4ccccc4C=NN32)cc1. The molecule has 6 rings (SSSR count). The van der Waals surface area contributed by atoms with Gasteiger partial charge >= 0.3 is 0 Å². The van der Waals surface area contributed by atoms with E-state index in [1.807, 2.05) is 43.3 Å². The van der Waals surface area contributed by atoms with Gasteiger partial charge in [0.25, 0.3) is 0 Å².